The molecule has 0 aliphatic heterocycles. The fraction of sp³-hybridized carbons (Fsp3) is 0.417. The fourth-order valence-electron chi connectivity index (χ4n) is 3.74. The average molecular weight is 495 g/mol. The molecule has 2 aromatic carbocycles. The van der Waals surface area contributed by atoms with E-state index in [0.29, 0.717) is 36.1 Å². The number of aromatic amines is 1. The molecule has 3 aromatic rings. The first kappa shape index (κ1) is 26.1. The molecule has 0 atom stereocenters. The smallest absolute Gasteiger partial charge is 0.390 e. The van der Waals surface area contributed by atoms with Gasteiger partial charge in [0, 0.05) is 32.7 Å². The van der Waals surface area contributed by atoms with Gasteiger partial charge in [0.2, 0.25) is 11.7 Å². The van der Waals surface area contributed by atoms with E-state index in [2.05, 4.69) is 9.97 Å². The van der Waals surface area contributed by atoms with Crippen LogP contribution in [0.2, 0.25) is 0 Å². The summed E-state index contributed by atoms with van der Waals surface area (Å²) in [5.74, 6) is 1.28. The van der Waals surface area contributed by atoms with Gasteiger partial charge in [0.05, 0.1) is 33.3 Å². The van der Waals surface area contributed by atoms with Crippen molar-refractivity contribution in [2.75, 3.05) is 46.9 Å². The van der Waals surface area contributed by atoms with Crippen LogP contribution in [0.4, 0.5) is 19.1 Å². The van der Waals surface area contributed by atoms with Crippen molar-refractivity contribution in [2.24, 2.45) is 0 Å². The van der Waals surface area contributed by atoms with Crippen LogP contribution < -0.4 is 24.7 Å². The number of nitrogens with one attached hydrogen (secondary N) is 1. The molecule has 0 saturated carbocycles. The maximum absolute atomic E-state index is 12.9. The van der Waals surface area contributed by atoms with E-state index in [0.717, 1.165) is 11.1 Å². The molecule has 190 valence electrons. The minimum absolute atomic E-state index is 0.0591. The molecule has 0 bridgehead atoms. The van der Waals surface area contributed by atoms with Crippen LogP contribution in [0, 0.1) is 0 Å². The fourth-order valence-corrected chi connectivity index (χ4v) is 3.74. The van der Waals surface area contributed by atoms with Crippen molar-refractivity contribution in [3.63, 3.8) is 0 Å². The first-order chi connectivity index (χ1) is 16.6. The molecular weight excluding hydrogens is 465 g/mol. The topological polar surface area (TPSA) is 79.9 Å². The summed E-state index contributed by atoms with van der Waals surface area (Å²) in [6.07, 6.45) is -5.00. The highest BCUT2D eigenvalue weighted by molar-refractivity contribution is 5.90. The van der Waals surface area contributed by atoms with Gasteiger partial charge < -0.3 is 24.0 Å². The number of aromatic nitrogens is 2. The summed E-state index contributed by atoms with van der Waals surface area (Å²) in [6.45, 7) is 0.804. The summed E-state index contributed by atoms with van der Waals surface area (Å²) in [5.41, 5.74) is 1.86. The number of hydrogen-bond acceptors (Lipinski definition) is 7. The lowest BCUT2D eigenvalue weighted by Crippen LogP contribution is -2.24. The molecule has 0 saturated heterocycles. The predicted molar refractivity (Wildman–Crippen MR) is 128 cm³/mol. The second kappa shape index (κ2) is 10.9. The van der Waals surface area contributed by atoms with Gasteiger partial charge in [-0.2, -0.15) is 13.2 Å². The summed E-state index contributed by atoms with van der Waals surface area (Å²) >= 11 is 0. The molecule has 35 heavy (non-hydrogen) atoms. The molecule has 0 fully saturated rings. The molecule has 8 nitrogen and oxygen atoms in total. The number of anilines is 1. The van der Waals surface area contributed by atoms with E-state index in [-0.39, 0.29) is 23.2 Å². The molecule has 3 rings (SSSR count). The Hall–Kier alpha value is -3.47. The summed E-state index contributed by atoms with van der Waals surface area (Å²) in [6, 6.07) is 9.18. The highest BCUT2D eigenvalue weighted by atomic mass is 19.4. The number of benzene rings is 2. The minimum atomic E-state index is -4.16. The van der Waals surface area contributed by atoms with Crippen molar-refractivity contribution in [3.05, 3.63) is 51.8 Å². The molecule has 1 N–H and O–H groups in total. The molecular formula is C24H29F3N4O4. The van der Waals surface area contributed by atoms with Crippen LogP contribution in [-0.4, -0.2) is 63.0 Å². The SMILES string of the molecule is COc1cc2nc(N(C)Cc3ccc(CN(C)CCC(F)(F)F)cc3)[nH]c(=O)c2c(OC)c1OC. The first-order valence-corrected chi connectivity index (χ1v) is 10.8. The van der Waals surface area contributed by atoms with E-state index in [9.17, 15) is 18.0 Å². The molecule has 0 unspecified atom stereocenters. The van der Waals surface area contributed by atoms with Crippen LogP contribution in [0.1, 0.15) is 17.5 Å². The van der Waals surface area contributed by atoms with Crippen LogP contribution in [0.3, 0.4) is 0 Å². The van der Waals surface area contributed by atoms with Gasteiger partial charge in [0.25, 0.3) is 5.56 Å². The zero-order chi connectivity index (χ0) is 25.8. The number of nitrogens with zero attached hydrogens (tertiary/aromatic N) is 3. The van der Waals surface area contributed by atoms with E-state index in [1.54, 1.807) is 30.0 Å². The number of methoxy groups -OCH3 is 3. The van der Waals surface area contributed by atoms with E-state index < -0.39 is 12.6 Å². The number of ether oxygens (including phenoxy) is 3. The van der Waals surface area contributed by atoms with Crippen LogP contribution in [0.25, 0.3) is 10.9 Å². The standard InChI is InChI=1S/C24H29F3N4O4/c1-30(11-10-24(25,26)27)13-15-6-8-16(9-7-15)14-31(2)23-28-17-12-18(33-3)20(34-4)21(35-5)19(17)22(32)29-23/h6-9,12H,10-11,13-14H2,1-5H3,(H,28,29,32). The number of alkyl halides is 3. The lowest BCUT2D eigenvalue weighted by atomic mass is 10.1. The minimum Gasteiger partial charge on any atom is -0.493 e. The van der Waals surface area contributed by atoms with Crippen molar-refractivity contribution in [2.45, 2.75) is 25.7 Å². The van der Waals surface area contributed by atoms with Gasteiger partial charge in [0.15, 0.2) is 11.5 Å². The number of H-pyrrole nitrogens is 1. The average Bonchev–Trinajstić information content (AvgIpc) is 2.82. The molecule has 0 amide bonds. The Morgan fingerprint density at radius 1 is 0.943 bits per heavy atom. The zero-order valence-electron chi connectivity index (χ0n) is 20.3. The van der Waals surface area contributed by atoms with Crippen LogP contribution in [0.15, 0.2) is 35.1 Å². The highest BCUT2D eigenvalue weighted by Crippen LogP contribution is 2.41. The van der Waals surface area contributed by atoms with Gasteiger partial charge in [-0.25, -0.2) is 4.98 Å². The van der Waals surface area contributed by atoms with E-state index in [4.69, 9.17) is 14.2 Å². The number of hydrogen-bond donors (Lipinski definition) is 1. The Labute approximate surface area is 201 Å². The third kappa shape index (κ3) is 6.36. The van der Waals surface area contributed by atoms with E-state index in [1.807, 2.05) is 24.3 Å². The van der Waals surface area contributed by atoms with Gasteiger partial charge in [-0.05, 0) is 18.2 Å². The molecule has 0 radical (unpaired) electrons. The molecule has 0 spiro atoms. The van der Waals surface area contributed by atoms with Gasteiger partial charge >= 0.3 is 6.18 Å². The lowest BCUT2D eigenvalue weighted by Gasteiger charge is -2.20. The van der Waals surface area contributed by atoms with E-state index in [1.165, 1.54) is 21.3 Å². The highest BCUT2D eigenvalue weighted by Gasteiger charge is 2.27. The largest absolute Gasteiger partial charge is 0.493 e. The molecule has 0 aliphatic rings. The molecule has 1 heterocycles. The van der Waals surface area contributed by atoms with Crippen LogP contribution in [0.5, 0.6) is 17.2 Å². The van der Waals surface area contributed by atoms with Gasteiger partial charge in [0.1, 0.15) is 5.39 Å². The Morgan fingerprint density at radius 2 is 1.54 bits per heavy atom. The Balaban J connectivity index is 1.77. The molecule has 0 aliphatic carbocycles. The number of rotatable bonds is 10. The number of halogens is 3. The molecule has 1 aromatic heterocycles. The van der Waals surface area contributed by atoms with Crippen molar-refractivity contribution in [1.82, 2.24) is 14.9 Å². The summed E-state index contributed by atoms with van der Waals surface area (Å²) < 4.78 is 53.4. The molecule has 11 heteroatoms. The Morgan fingerprint density at radius 3 is 2.09 bits per heavy atom. The third-order valence-electron chi connectivity index (χ3n) is 5.52. The summed E-state index contributed by atoms with van der Waals surface area (Å²) in [4.78, 5) is 23.7. The summed E-state index contributed by atoms with van der Waals surface area (Å²) in [5, 5.41) is 0.251. The second-order valence-electron chi connectivity index (χ2n) is 8.20. The van der Waals surface area contributed by atoms with Crippen molar-refractivity contribution >= 4 is 16.9 Å². The maximum Gasteiger partial charge on any atom is 0.390 e. The van der Waals surface area contributed by atoms with E-state index >= 15 is 0 Å². The van der Waals surface area contributed by atoms with Gasteiger partial charge in [-0.1, -0.05) is 24.3 Å². The number of fused-ring (bicyclic) bond motifs is 1. The monoisotopic (exact) mass is 494 g/mol. The first-order valence-electron chi connectivity index (χ1n) is 10.8. The van der Waals surface area contributed by atoms with Crippen molar-refractivity contribution in [1.29, 1.82) is 0 Å². The van der Waals surface area contributed by atoms with Crippen molar-refractivity contribution < 1.29 is 27.4 Å². The lowest BCUT2D eigenvalue weighted by molar-refractivity contribution is -0.137. The zero-order valence-corrected chi connectivity index (χ0v) is 20.3. The Bertz CT molecular complexity index is 1210. The van der Waals surface area contributed by atoms with Crippen LogP contribution >= 0.6 is 0 Å². The maximum atomic E-state index is 12.9. The predicted octanol–water partition coefficient (Wildman–Crippen LogP) is 3.97. The van der Waals surface area contributed by atoms with Crippen LogP contribution in [-0.2, 0) is 13.1 Å². The van der Waals surface area contributed by atoms with Crippen molar-refractivity contribution in [3.8, 4) is 17.2 Å². The second-order valence-corrected chi connectivity index (χ2v) is 8.20. The third-order valence-corrected chi connectivity index (χ3v) is 5.52. The summed E-state index contributed by atoms with van der Waals surface area (Å²) in [7, 11) is 7.84. The Kier molecular flexibility index (Phi) is 8.11. The normalized spacial score (nSPS) is 11.7. The quantitative estimate of drug-likeness (QED) is 0.457. The van der Waals surface area contributed by atoms with Gasteiger partial charge in [-0.3, -0.25) is 9.78 Å². The van der Waals surface area contributed by atoms with Gasteiger partial charge in [-0.15, -0.1) is 0 Å².